The van der Waals surface area contributed by atoms with Crippen LogP contribution in [0.1, 0.15) is 77.8 Å². The van der Waals surface area contributed by atoms with E-state index in [4.69, 9.17) is 0 Å². The standard InChI is InChI=1S/C23H28F2N4S.2C2H6/c1-14(2)11-17-12-18-22(26-13-27-23(18)30-17)28-16-7-9-29(10-8-16)15(3)21-19(24)5-4-6-20(21)25;2*1-2/h4-6,12-16H,7-11H2,1-3H3,(H,26,27,28);2*1-2H3. The van der Waals surface area contributed by atoms with Crippen molar-refractivity contribution in [2.75, 3.05) is 18.4 Å². The van der Waals surface area contributed by atoms with Crippen LogP contribution in [0.5, 0.6) is 0 Å². The largest absolute Gasteiger partial charge is 0.367 e. The molecule has 0 saturated carbocycles. The van der Waals surface area contributed by atoms with Crippen LogP contribution >= 0.6 is 11.3 Å². The van der Waals surface area contributed by atoms with Crippen LogP contribution in [0.15, 0.2) is 30.6 Å². The van der Waals surface area contributed by atoms with Gasteiger partial charge in [0.1, 0.15) is 28.6 Å². The highest BCUT2D eigenvalue weighted by Crippen LogP contribution is 2.32. The first-order valence-electron chi connectivity index (χ1n) is 12.6. The predicted octanol–water partition coefficient (Wildman–Crippen LogP) is 7.86. The van der Waals surface area contributed by atoms with Crippen molar-refractivity contribution in [2.45, 2.75) is 79.8 Å². The number of hydrogen-bond donors (Lipinski definition) is 1. The van der Waals surface area contributed by atoms with Crippen LogP contribution in [-0.2, 0) is 6.42 Å². The number of aromatic nitrogens is 2. The number of fused-ring (bicyclic) bond motifs is 1. The highest BCUT2D eigenvalue weighted by molar-refractivity contribution is 7.18. The van der Waals surface area contributed by atoms with E-state index >= 15 is 0 Å². The van der Waals surface area contributed by atoms with E-state index in [1.54, 1.807) is 17.7 Å². The van der Waals surface area contributed by atoms with Gasteiger partial charge in [0, 0.05) is 35.6 Å². The highest BCUT2D eigenvalue weighted by atomic mass is 32.1. The molecule has 1 fully saturated rings. The van der Waals surface area contributed by atoms with Gasteiger partial charge in [0.2, 0.25) is 0 Å². The first-order chi connectivity index (χ1) is 16.4. The number of nitrogens with one attached hydrogen (secondary N) is 1. The lowest BCUT2D eigenvalue weighted by Crippen LogP contribution is -2.40. The summed E-state index contributed by atoms with van der Waals surface area (Å²) in [5, 5.41) is 4.68. The van der Waals surface area contributed by atoms with Gasteiger partial charge < -0.3 is 5.32 Å². The van der Waals surface area contributed by atoms with Crippen molar-refractivity contribution >= 4 is 27.4 Å². The Labute approximate surface area is 207 Å². The van der Waals surface area contributed by atoms with Gasteiger partial charge in [-0.15, -0.1) is 11.3 Å². The summed E-state index contributed by atoms with van der Waals surface area (Å²) in [5.74, 6) is 0.549. The Kier molecular flexibility index (Phi) is 11.3. The van der Waals surface area contributed by atoms with Crippen molar-refractivity contribution < 1.29 is 8.78 Å². The zero-order chi connectivity index (χ0) is 25.3. The molecule has 2 aromatic heterocycles. The highest BCUT2D eigenvalue weighted by Gasteiger charge is 2.27. The molecule has 0 amide bonds. The molecule has 3 heterocycles. The van der Waals surface area contributed by atoms with Crippen molar-refractivity contribution in [1.29, 1.82) is 0 Å². The Hall–Kier alpha value is -2.12. The number of nitrogens with zero attached hydrogens (tertiary/aromatic N) is 3. The molecule has 0 aliphatic carbocycles. The Morgan fingerprint density at radius 1 is 1.03 bits per heavy atom. The van der Waals surface area contributed by atoms with Gasteiger partial charge in [0.25, 0.3) is 0 Å². The molecule has 1 aliphatic heterocycles. The quantitative estimate of drug-likeness (QED) is 0.382. The van der Waals surface area contributed by atoms with Gasteiger partial charge in [0.15, 0.2) is 0 Å². The van der Waals surface area contributed by atoms with Crippen molar-refractivity contribution in [1.82, 2.24) is 14.9 Å². The molecule has 0 bridgehead atoms. The third-order valence-electron chi connectivity index (χ3n) is 5.83. The second-order valence-electron chi connectivity index (χ2n) is 8.52. The molecular formula is C27H40F2N4S. The maximum atomic E-state index is 14.2. The predicted molar refractivity (Wildman–Crippen MR) is 142 cm³/mol. The van der Waals surface area contributed by atoms with Crippen molar-refractivity contribution in [3.8, 4) is 0 Å². The molecule has 4 nitrogen and oxygen atoms in total. The Bertz CT molecular complexity index is 993. The molecule has 4 rings (SSSR count). The van der Waals surface area contributed by atoms with Crippen LogP contribution < -0.4 is 5.32 Å². The van der Waals surface area contributed by atoms with Crippen LogP contribution in [0, 0.1) is 17.6 Å². The van der Waals surface area contributed by atoms with E-state index in [1.165, 1.54) is 23.1 Å². The summed E-state index contributed by atoms with van der Waals surface area (Å²) in [7, 11) is 0. The number of piperidine rings is 1. The van der Waals surface area contributed by atoms with E-state index in [0.717, 1.165) is 48.4 Å². The van der Waals surface area contributed by atoms with E-state index in [9.17, 15) is 8.78 Å². The molecule has 1 atom stereocenters. The molecule has 7 heteroatoms. The minimum atomic E-state index is -0.471. The number of benzene rings is 1. The first-order valence-corrected chi connectivity index (χ1v) is 13.4. The van der Waals surface area contributed by atoms with E-state index in [1.807, 2.05) is 34.6 Å². The maximum absolute atomic E-state index is 14.2. The van der Waals surface area contributed by atoms with E-state index in [-0.39, 0.29) is 17.6 Å². The van der Waals surface area contributed by atoms with Gasteiger partial charge in [-0.05, 0) is 50.3 Å². The summed E-state index contributed by atoms with van der Waals surface area (Å²) in [6.45, 7) is 15.9. The van der Waals surface area contributed by atoms with Crippen LogP contribution in [0.2, 0.25) is 0 Å². The summed E-state index contributed by atoms with van der Waals surface area (Å²) in [4.78, 5) is 13.4. The molecule has 3 aromatic rings. The van der Waals surface area contributed by atoms with Crippen molar-refractivity contribution in [3.05, 3.63) is 52.7 Å². The Morgan fingerprint density at radius 2 is 1.65 bits per heavy atom. The number of thiophene rings is 1. The average molecular weight is 491 g/mol. The lowest BCUT2D eigenvalue weighted by Gasteiger charge is -2.36. The molecule has 1 aromatic carbocycles. The monoisotopic (exact) mass is 490 g/mol. The third kappa shape index (κ3) is 6.95. The van der Waals surface area contributed by atoms with Crippen LogP contribution in [0.4, 0.5) is 14.6 Å². The number of anilines is 1. The molecule has 188 valence electrons. The first kappa shape index (κ1) is 28.1. The second kappa shape index (κ2) is 13.7. The molecule has 0 spiro atoms. The molecule has 1 unspecified atom stereocenters. The van der Waals surface area contributed by atoms with Gasteiger partial charge in [-0.1, -0.05) is 47.6 Å². The van der Waals surface area contributed by atoms with E-state index < -0.39 is 11.6 Å². The Balaban J connectivity index is 0.000000970. The fourth-order valence-corrected chi connectivity index (χ4v) is 5.45. The van der Waals surface area contributed by atoms with E-state index in [0.29, 0.717) is 5.92 Å². The Morgan fingerprint density at radius 3 is 2.24 bits per heavy atom. The molecule has 1 N–H and O–H groups in total. The fourth-order valence-electron chi connectivity index (χ4n) is 4.24. The van der Waals surface area contributed by atoms with Crippen LogP contribution in [0.3, 0.4) is 0 Å². The van der Waals surface area contributed by atoms with Crippen molar-refractivity contribution in [2.24, 2.45) is 5.92 Å². The van der Waals surface area contributed by atoms with Gasteiger partial charge >= 0.3 is 0 Å². The average Bonchev–Trinajstić information content (AvgIpc) is 3.25. The SMILES string of the molecule is CC.CC.CC(C)Cc1cc2c(NC3CCN(C(C)c4c(F)cccc4F)CC3)ncnc2s1. The topological polar surface area (TPSA) is 41.0 Å². The summed E-state index contributed by atoms with van der Waals surface area (Å²) < 4.78 is 28.3. The maximum Gasteiger partial charge on any atom is 0.138 e. The summed E-state index contributed by atoms with van der Waals surface area (Å²) in [6.07, 6.45) is 4.46. The zero-order valence-corrected chi connectivity index (χ0v) is 22.5. The summed E-state index contributed by atoms with van der Waals surface area (Å²) >= 11 is 1.74. The lowest BCUT2D eigenvalue weighted by atomic mass is 9.99. The summed E-state index contributed by atoms with van der Waals surface area (Å²) in [5.41, 5.74) is 0.164. The smallest absolute Gasteiger partial charge is 0.138 e. The number of hydrogen-bond acceptors (Lipinski definition) is 5. The third-order valence-corrected chi connectivity index (χ3v) is 6.89. The van der Waals surface area contributed by atoms with E-state index in [2.05, 4.69) is 40.1 Å². The fraction of sp³-hybridized carbons (Fsp3) is 0.556. The number of rotatable bonds is 6. The number of halogens is 2. The molecule has 1 aliphatic rings. The van der Waals surface area contributed by atoms with Crippen molar-refractivity contribution in [3.63, 3.8) is 0 Å². The van der Waals surface area contributed by atoms with Crippen LogP contribution in [-0.4, -0.2) is 34.0 Å². The molecule has 0 radical (unpaired) electrons. The zero-order valence-electron chi connectivity index (χ0n) is 21.7. The minimum absolute atomic E-state index is 0.164. The van der Waals surface area contributed by atoms with Gasteiger partial charge in [-0.3, -0.25) is 4.90 Å². The lowest BCUT2D eigenvalue weighted by molar-refractivity contribution is 0.162. The molecule has 34 heavy (non-hydrogen) atoms. The molecular weight excluding hydrogens is 450 g/mol. The van der Waals surface area contributed by atoms with Gasteiger partial charge in [-0.2, -0.15) is 0 Å². The van der Waals surface area contributed by atoms with Crippen LogP contribution in [0.25, 0.3) is 10.2 Å². The molecule has 1 saturated heterocycles. The van der Waals surface area contributed by atoms with Gasteiger partial charge in [0.05, 0.1) is 5.39 Å². The second-order valence-corrected chi connectivity index (χ2v) is 9.63. The number of likely N-dealkylation sites (tertiary alicyclic amines) is 1. The van der Waals surface area contributed by atoms with Gasteiger partial charge in [-0.25, -0.2) is 18.7 Å². The normalized spacial score (nSPS) is 15.4. The summed E-state index contributed by atoms with van der Waals surface area (Å²) in [6, 6.07) is 6.28. The minimum Gasteiger partial charge on any atom is -0.367 e.